The summed E-state index contributed by atoms with van der Waals surface area (Å²) in [6.45, 7) is 4.20. The molecule has 0 saturated heterocycles. The molecule has 2 heterocycles. The van der Waals surface area contributed by atoms with Crippen molar-refractivity contribution in [3.63, 3.8) is 0 Å². The third-order valence-electron chi connectivity index (χ3n) is 5.62. The average Bonchev–Trinajstić information content (AvgIpc) is 3.05. The number of carbonyl (C=O) groups excluding carboxylic acids is 1. The first kappa shape index (κ1) is 21.1. The molecule has 1 aliphatic heterocycles. The van der Waals surface area contributed by atoms with Crippen molar-refractivity contribution >= 4 is 16.9 Å². The summed E-state index contributed by atoms with van der Waals surface area (Å²) in [4.78, 5) is 29.8. The molecule has 1 N–H and O–H groups in total. The maximum absolute atomic E-state index is 13.4. The molecule has 1 atom stereocenters. The Labute approximate surface area is 182 Å². The number of carbonyl (C=O) groups is 1. The Morgan fingerprint density at radius 1 is 1.06 bits per heavy atom. The molecule has 0 fully saturated rings. The van der Waals surface area contributed by atoms with Gasteiger partial charge in [0.25, 0.3) is 5.91 Å². The minimum Gasteiger partial charge on any atom is -0.494 e. The maximum atomic E-state index is 13.4. The summed E-state index contributed by atoms with van der Waals surface area (Å²) in [5.41, 5.74) is 1.63. The third-order valence-corrected chi connectivity index (χ3v) is 5.62. The Morgan fingerprint density at radius 2 is 1.81 bits per heavy atom. The molecule has 1 aliphatic rings. The van der Waals surface area contributed by atoms with Crippen LogP contribution in [0.25, 0.3) is 11.0 Å². The van der Waals surface area contributed by atoms with Crippen molar-refractivity contribution in [3.05, 3.63) is 75.6 Å². The zero-order valence-electron chi connectivity index (χ0n) is 18.3. The Bertz CT molecular complexity index is 1130. The normalized spacial score (nSPS) is 15.7. The molecule has 0 saturated carbocycles. The van der Waals surface area contributed by atoms with Crippen LogP contribution in [0.2, 0.25) is 0 Å². The van der Waals surface area contributed by atoms with Gasteiger partial charge in [-0.2, -0.15) is 0 Å². The van der Waals surface area contributed by atoms with Gasteiger partial charge in [0.1, 0.15) is 11.3 Å². The van der Waals surface area contributed by atoms with Crippen LogP contribution in [0, 0.1) is 0 Å². The number of hydrogen-bond acceptors (Lipinski definition) is 4. The molecule has 2 aromatic carbocycles. The average molecular weight is 422 g/mol. The molecule has 3 aromatic rings. The first-order valence-corrected chi connectivity index (χ1v) is 10.9. The molecule has 0 unspecified atom stereocenters. The maximum Gasteiger partial charge on any atom is 0.290 e. The molecule has 1 amide bonds. The molecule has 1 aromatic heterocycles. The molecule has 0 aliphatic carbocycles. The van der Waals surface area contributed by atoms with Crippen LogP contribution in [0.4, 0.5) is 0 Å². The summed E-state index contributed by atoms with van der Waals surface area (Å²) in [5, 5.41) is 0.501. The fraction of sp³-hybridized carbons (Fsp3) is 0.360. The van der Waals surface area contributed by atoms with E-state index >= 15 is 0 Å². The van der Waals surface area contributed by atoms with Gasteiger partial charge in [0.15, 0.2) is 5.43 Å². The largest absolute Gasteiger partial charge is 0.494 e. The number of ether oxygens (including phenoxy) is 1. The third kappa shape index (κ3) is 4.08. The van der Waals surface area contributed by atoms with Crippen LogP contribution in [-0.4, -0.2) is 44.6 Å². The zero-order valence-corrected chi connectivity index (χ0v) is 18.3. The van der Waals surface area contributed by atoms with Crippen LogP contribution >= 0.6 is 0 Å². The summed E-state index contributed by atoms with van der Waals surface area (Å²) in [5.74, 6) is 0.726. The number of para-hydroxylation sites is 1. The lowest BCUT2D eigenvalue weighted by Crippen LogP contribution is -3.05. The van der Waals surface area contributed by atoms with Crippen molar-refractivity contribution in [1.82, 2.24) is 4.90 Å². The molecular formula is C25H29N2O4+. The second kappa shape index (κ2) is 8.94. The van der Waals surface area contributed by atoms with Crippen LogP contribution in [0.3, 0.4) is 0 Å². The number of hydrogen-bond donors (Lipinski definition) is 1. The quantitative estimate of drug-likeness (QED) is 0.607. The van der Waals surface area contributed by atoms with Crippen LogP contribution in [0.5, 0.6) is 5.75 Å². The van der Waals surface area contributed by atoms with Crippen molar-refractivity contribution in [1.29, 1.82) is 0 Å². The van der Waals surface area contributed by atoms with E-state index in [1.165, 1.54) is 4.90 Å². The first-order chi connectivity index (χ1) is 15.0. The summed E-state index contributed by atoms with van der Waals surface area (Å²) in [6, 6.07) is 14.3. The van der Waals surface area contributed by atoms with Gasteiger partial charge in [0, 0.05) is 13.0 Å². The monoisotopic (exact) mass is 421 g/mol. The second-order valence-electron chi connectivity index (χ2n) is 8.30. The summed E-state index contributed by atoms with van der Waals surface area (Å²) < 4.78 is 11.7. The first-order valence-electron chi connectivity index (χ1n) is 10.9. The van der Waals surface area contributed by atoms with Crippen molar-refractivity contribution in [2.75, 3.05) is 33.8 Å². The number of fused-ring (bicyclic) bond motifs is 2. The number of benzene rings is 2. The number of amides is 1. The van der Waals surface area contributed by atoms with Crippen molar-refractivity contribution < 1.29 is 18.8 Å². The summed E-state index contributed by atoms with van der Waals surface area (Å²) in [6.07, 6.45) is 1.77. The molecule has 4 rings (SSSR count). The van der Waals surface area contributed by atoms with E-state index in [0.717, 1.165) is 30.7 Å². The predicted octanol–water partition coefficient (Wildman–Crippen LogP) is 2.66. The molecular weight excluding hydrogens is 392 g/mol. The van der Waals surface area contributed by atoms with Crippen molar-refractivity contribution in [2.24, 2.45) is 0 Å². The summed E-state index contributed by atoms with van der Waals surface area (Å²) in [7, 11) is 4.18. The van der Waals surface area contributed by atoms with Crippen LogP contribution in [0.1, 0.15) is 47.5 Å². The molecule has 0 spiro atoms. The lowest BCUT2D eigenvalue weighted by atomic mass is 9.98. The van der Waals surface area contributed by atoms with Gasteiger partial charge in [-0.1, -0.05) is 31.2 Å². The van der Waals surface area contributed by atoms with E-state index in [9.17, 15) is 9.59 Å². The van der Waals surface area contributed by atoms with E-state index in [2.05, 4.69) is 21.0 Å². The van der Waals surface area contributed by atoms with E-state index in [4.69, 9.17) is 9.15 Å². The number of rotatable bonds is 8. The van der Waals surface area contributed by atoms with Crippen molar-refractivity contribution in [2.45, 2.75) is 25.8 Å². The fourth-order valence-corrected chi connectivity index (χ4v) is 4.11. The van der Waals surface area contributed by atoms with Crippen LogP contribution in [0.15, 0.2) is 57.7 Å². The standard InChI is InChI=1S/C25H28N2O4/c1-4-16-30-18-12-10-17(11-13-18)22-21-23(28)19-8-5-6-9-20(19)31-24(21)25(29)27(22)15-7-14-26(2)3/h5-6,8-13,22H,4,7,14-16H2,1-3H3/p+1/t22-/m1/s1. The highest BCUT2D eigenvalue weighted by Crippen LogP contribution is 2.38. The zero-order chi connectivity index (χ0) is 22.0. The molecule has 6 nitrogen and oxygen atoms in total. The molecule has 162 valence electrons. The van der Waals surface area contributed by atoms with Crippen LogP contribution in [-0.2, 0) is 0 Å². The van der Waals surface area contributed by atoms with E-state index in [0.29, 0.717) is 29.7 Å². The van der Waals surface area contributed by atoms with E-state index < -0.39 is 6.04 Å². The fourth-order valence-electron chi connectivity index (χ4n) is 4.11. The van der Waals surface area contributed by atoms with E-state index in [-0.39, 0.29) is 17.1 Å². The van der Waals surface area contributed by atoms with Gasteiger partial charge in [-0.3, -0.25) is 9.59 Å². The minimum atomic E-state index is -0.458. The smallest absolute Gasteiger partial charge is 0.290 e. The molecule has 0 bridgehead atoms. The van der Waals surface area contributed by atoms with Gasteiger partial charge in [-0.15, -0.1) is 0 Å². The number of nitrogens with one attached hydrogen (secondary N) is 1. The van der Waals surface area contributed by atoms with Gasteiger partial charge in [0.05, 0.1) is 44.2 Å². The highest BCUT2D eigenvalue weighted by Gasteiger charge is 2.42. The number of nitrogens with zero attached hydrogens (tertiary/aromatic N) is 1. The Morgan fingerprint density at radius 3 is 2.52 bits per heavy atom. The number of quaternary nitrogens is 1. The molecule has 31 heavy (non-hydrogen) atoms. The van der Waals surface area contributed by atoms with Gasteiger partial charge in [-0.25, -0.2) is 0 Å². The Balaban J connectivity index is 1.78. The minimum absolute atomic E-state index is 0.137. The van der Waals surface area contributed by atoms with Gasteiger partial charge >= 0.3 is 0 Å². The topological polar surface area (TPSA) is 64.2 Å². The van der Waals surface area contributed by atoms with Crippen molar-refractivity contribution in [3.8, 4) is 5.75 Å². The van der Waals surface area contributed by atoms with E-state index in [1.807, 2.05) is 30.3 Å². The second-order valence-corrected chi connectivity index (χ2v) is 8.30. The van der Waals surface area contributed by atoms with E-state index in [1.54, 1.807) is 23.1 Å². The Kier molecular flexibility index (Phi) is 6.09. The highest BCUT2D eigenvalue weighted by molar-refractivity contribution is 5.99. The highest BCUT2D eigenvalue weighted by atomic mass is 16.5. The molecule has 6 heteroatoms. The lowest BCUT2D eigenvalue weighted by molar-refractivity contribution is -0.858. The Hall–Kier alpha value is -3.12. The van der Waals surface area contributed by atoms with Gasteiger partial charge < -0.3 is 19.0 Å². The molecule has 0 radical (unpaired) electrons. The van der Waals surface area contributed by atoms with Gasteiger partial charge in [0.2, 0.25) is 5.76 Å². The van der Waals surface area contributed by atoms with Crippen LogP contribution < -0.4 is 15.1 Å². The predicted molar refractivity (Wildman–Crippen MR) is 120 cm³/mol. The van der Waals surface area contributed by atoms with Gasteiger partial charge in [-0.05, 0) is 36.2 Å². The SMILES string of the molecule is CCCOc1ccc([C@@H]2c3c(oc4ccccc4c3=O)C(=O)N2CCC[NH+](C)C)cc1. The summed E-state index contributed by atoms with van der Waals surface area (Å²) >= 11 is 0. The lowest BCUT2D eigenvalue weighted by Gasteiger charge is -2.25.